The first-order valence-corrected chi connectivity index (χ1v) is 11.2. The van der Waals surface area contributed by atoms with Crippen LogP contribution in [0.2, 0.25) is 0 Å². The number of amides is 1. The van der Waals surface area contributed by atoms with Crippen LogP contribution in [0, 0.1) is 11.7 Å². The van der Waals surface area contributed by atoms with Crippen molar-refractivity contribution in [3.63, 3.8) is 0 Å². The van der Waals surface area contributed by atoms with E-state index in [9.17, 15) is 14.0 Å². The molecule has 0 unspecified atom stereocenters. The molecule has 6 heteroatoms. The number of hydrogen-bond donors (Lipinski definition) is 2. The number of hydrogen-bond acceptors (Lipinski definition) is 4. The molecule has 1 amide bonds. The highest BCUT2D eigenvalue weighted by molar-refractivity contribution is 5.95. The summed E-state index contributed by atoms with van der Waals surface area (Å²) in [5.74, 6) is -0.993. The molecule has 0 radical (unpaired) electrons. The van der Waals surface area contributed by atoms with E-state index in [-0.39, 0.29) is 41.8 Å². The summed E-state index contributed by atoms with van der Waals surface area (Å²) in [7, 11) is 0. The predicted octanol–water partition coefficient (Wildman–Crippen LogP) is 4.57. The van der Waals surface area contributed by atoms with Crippen molar-refractivity contribution in [2.45, 2.75) is 31.9 Å². The third kappa shape index (κ3) is 4.66. The minimum atomic E-state index is -0.381. The van der Waals surface area contributed by atoms with Gasteiger partial charge in [-0.2, -0.15) is 0 Å². The Balaban J connectivity index is 1.17. The summed E-state index contributed by atoms with van der Waals surface area (Å²) in [6, 6.07) is 20.2. The molecule has 1 aliphatic carbocycles. The van der Waals surface area contributed by atoms with E-state index in [0.29, 0.717) is 30.5 Å². The molecule has 1 fully saturated rings. The number of carbonyl (C=O) groups excluding carboxylic acids is 2. The van der Waals surface area contributed by atoms with Crippen molar-refractivity contribution in [2.75, 3.05) is 11.9 Å². The van der Waals surface area contributed by atoms with Crippen molar-refractivity contribution < 1.29 is 18.7 Å². The molecule has 3 aromatic rings. The lowest BCUT2D eigenvalue weighted by Gasteiger charge is -2.19. The summed E-state index contributed by atoms with van der Waals surface area (Å²) >= 11 is 0. The van der Waals surface area contributed by atoms with Crippen molar-refractivity contribution in [1.82, 2.24) is 5.32 Å². The lowest BCUT2D eigenvalue weighted by atomic mass is 9.99. The van der Waals surface area contributed by atoms with Gasteiger partial charge in [0.15, 0.2) is 0 Å². The van der Waals surface area contributed by atoms with Crippen molar-refractivity contribution >= 4 is 17.6 Å². The Hall–Kier alpha value is -3.51. The fraction of sp³-hybridized carbons (Fsp3) is 0.259. The Kier molecular flexibility index (Phi) is 5.92. The van der Waals surface area contributed by atoms with Crippen LogP contribution in [-0.2, 0) is 29.1 Å². The quantitative estimate of drug-likeness (QED) is 0.547. The van der Waals surface area contributed by atoms with Gasteiger partial charge in [0.2, 0.25) is 5.91 Å². The maximum Gasteiger partial charge on any atom is 0.338 e. The molecule has 2 atom stereocenters. The number of benzene rings is 3. The number of ether oxygens (including phenoxy) is 1. The van der Waals surface area contributed by atoms with Gasteiger partial charge >= 0.3 is 5.97 Å². The van der Waals surface area contributed by atoms with E-state index >= 15 is 0 Å². The number of esters is 1. The molecule has 1 aliphatic heterocycles. The molecule has 168 valence electrons. The summed E-state index contributed by atoms with van der Waals surface area (Å²) in [5, 5.41) is 6.00. The average Bonchev–Trinajstić information content (AvgIpc) is 3.66. The van der Waals surface area contributed by atoms with E-state index in [1.165, 1.54) is 0 Å². The molecule has 5 nitrogen and oxygen atoms in total. The normalized spacial score (nSPS) is 18.8. The maximum absolute atomic E-state index is 14.8. The van der Waals surface area contributed by atoms with Crippen molar-refractivity contribution in [3.8, 4) is 0 Å². The van der Waals surface area contributed by atoms with Crippen LogP contribution in [0.3, 0.4) is 0 Å². The second kappa shape index (κ2) is 9.16. The average molecular weight is 445 g/mol. The van der Waals surface area contributed by atoms with Crippen LogP contribution in [0.1, 0.15) is 45.0 Å². The molecule has 1 saturated carbocycles. The molecule has 0 spiro atoms. The summed E-state index contributed by atoms with van der Waals surface area (Å²) in [5.41, 5.74) is 4.29. The van der Waals surface area contributed by atoms with Gasteiger partial charge in [-0.1, -0.05) is 48.5 Å². The van der Waals surface area contributed by atoms with E-state index in [4.69, 9.17) is 4.74 Å². The first-order valence-electron chi connectivity index (χ1n) is 11.2. The molecule has 2 N–H and O–H groups in total. The van der Waals surface area contributed by atoms with Crippen molar-refractivity contribution in [1.29, 1.82) is 0 Å². The second-order valence-electron chi connectivity index (χ2n) is 8.61. The second-order valence-corrected chi connectivity index (χ2v) is 8.61. The molecule has 1 heterocycles. The van der Waals surface area contributed by atoms with Crippen LogP contribution in [0.5, 0.6) is 0 Å². The van der Waals surface area contributed by atoms with Crippen molar-refractivity contribution in [3.05, 3.63) is 100 Å². The maximum atomic E-state index is 14.8. The van der Waals surface area contributed by atoms with E-state index in [0.717, 1.165) is 23.2 Å². The van der Waals surface area contributed by atoms with Gasteiger partial charge in [-0.15, -0.1) is 0 Å². The van der Waals surface area contributed by atoms with Gasteiger partial charge in [0.1, 0.15) is 12.4 Å². The lowest BCUT2D eigenvalue weighted by molar-refractivity contribution is -0.117. The van der Waals surface area contributed by atoms with Crippen LogP contribution < -0.4 is 10.6 Å². The first kappa shape index (κ1) is 21.3. The van der Waals surface area contributed by atoms with E-state index in [2.05, 4.69) is 10.6 Å². The molecule has 33 heavy (non-hydrogen) atoms. The fourth-order valence-electron chi connectivity index (χ4n) is 4.38. The van der Waals surface area contributed by atoms with E-state index in [1.54, 1.807) is 18.2 Å². The Labute approximate surface area is 192 Å². The summed E-state index contributed by atoms with van der Waals surface area (Å²) in [6.07, 6.45) is 1.33. The Bertz CT molecular complexity index is 1180. The van der Waals surface area contributed by atoms with Gasteiger partial charge in [0, 0.05) is 12.5 Å². The smallest absolute Gasteiger partial charge is 0.338 e. The zero-order valence-electron chi connectivity index (χ0n) is 18.1. The van der Waals surface area contributed by atoms with Crippen LogP contribution >= 0.6 is 0 Å². The van der Waals surface area contributed by atoms with Crippen LogP contribution in [0.4, 0.5) is 10.1 Å². The summed E-state index contributed by atoms with van der Waals surface area (Å²) in [6.45, 7) is 1.62. The Morgan fingerprint density at radius 1 is 1.03 bits per heavy atom. The minimum absolute atomic E-state index is 0.0734. The molecule has 2 aliphatic rings. The summed E-state index contributed by atoms with van der Waals surface area (Å²) in [4.78, 5) is 25.0. The minimum Gasteiger partial charge on any atom is -0.457 e. The number of halogens is 1. The fourth-order valence-corrected chi connectivity index (χ4v) is 4.38. The number of anilines is 1. The van der Waals surface area contributed by atoms with Crippen LogP contribution in [0.15, 0.2) is 66.7 Å². The highest BCUT2D eigenvalue weighted by atomic mass is 19.1. The third-order valence-corrected chi connectivity index (χ3v) is 6.38. The van der Waals surface area contributed by atoms with Gasteiger partial charge in [-0.25, -0.2) is 9.18 Å². The van der Waals surface area contributed by atoms with Crippen LogP contribution in [0.25, 0.3) is 0 Å². The molecular weight excluding hydrogens is 419 g/mol. The van der Waals surface area contributed by atoms with Gasteiger partial charge in [-0.3, -0.25) is 4.79 Å². The molecule has 5 rings (SSSR count). The topological polar surface area (TPSA) is 67.4 Å². The van der Waals surface area contributed by atoms with Gasteiger partial charge < -0.3 is 15.4 Å². The highest BCUT2D eigenvalue weighted by Crippen LogP contribution is 2.48. The predicted molar refractivity (Wildman–Crippen MR) is 123 cm³/mol. The monoisotopic (exact) mass is 444 g/mol. The zero-order chi connectivity index (χ0) is 22.8. The van der Waals surface area contributed by atoms with Crippen molar-refractivity contribution in [2.24, 2.45) is 5.92 Å². The molecule has 0 saturated heterocycles. The van der Waals surface area contributed by atoms with E-state index < -0.39 is 0 Å². The first-order chi connectivity index (χ1) is 16.1. The van der Waals surface area contributed by atoms with Crippen LogP contribution in [-0.4, -0.2) is 18.4 Å². The Morgan fingerprint density at radius 2 is 1.82 bits per heavy atom. The zero-order valence-corrected chi connectivity index (χ0v) is 18.1. The third-order valence-electron chi connectivity index (χ3n) is 6.38. The number of rotatable bonds is 6. The molecule has 0 aromatic heterocycles. The van der Waals surface area contributed by atoms with Gasteiger partial charge in [0.25, 0.3) is 0 Å². The molecular formula is C27H25FN2O3. The molecule has 3 aromatic carbocycles. The Morgan fingerprint density at radius 3 is 2.61 bits per heavy atom. The van der Waals surface area contributed by atoms with Gasteiger partial charge in [0.05, 0.1) is 11.3 Å². The SMILES string of the molecule is O=C(OCc1ccccc1)c1ccc([C@@H]2C[C@H]2C(=O)Nc2ccc3c(c2F)CCNC3)cc1. The lowest BCUT2D eigenvalue weighted by Crippen LogP contribution is -2.25. The highest BCUT2D eigenvalue weighted by Gasteiger charge is 2.44. The number of nitrogens with one attached hydrogen (secondary N) is 2. The number of carbonyl (C=O) groups is 2. The van der Waals surface area contributed by atoms with E-state index in [1.807, 2.05) is 48.5 Å². The summed E-state index contributed by atoms with van der Waals surface area (Å²) < 4.78 is 20.2. The molecule has 0 bridgehead atoms. The van der Waals surface area contributed by atoms with Gasteiger partial charge in [-0.05, 0) is 65.8 Å². The largest absolute Gasteiger partial charge is 0.457 e. The standard InChI is InChI=1S/C27H25FN2O3/c28-25-21-12-13-29-15-20(21)10-11-24(25)30-26(31)23-14-22(23)18-6-8-19(9-7-18)27(32)33-16-17-4-2-1-3-5-17/h1-11,22-23,29H,12-16H2,(H,30,31)/t22-,23+/m0/s1. The number of fused-ring (bicyclic) bond motifs is 1.